The minimum Gasteiger partial charge on any atom is -0.481 e. The van der Waals surface area contributed by atoms with Crippen LogP contribution in [0.25, 0.3) is 0 Å². The molecule has 0 rings (SSSR count). The molecule has 0 radical (unpaired) electrons. The number of carboxylic acids is 1. The van der Waals surface area contributed by atoms with E-state index in [0.717, 1.165) is 6.42 Å². The number of nitrogens with one attached hydrogen (secondary N) is 2. The predicted molar refractivity (Wildman–Crippen MR) is 68.5 cm³/mol. The first-order chi connectivity index (χ1) is 8.41. The second-order valence-corrected chi connectivity index (χ2v) is 4.69. The number of aliphatic carboxylic acids is 1. The Balaban J connectivity index is 3.45. The number of carboxylic acid groups (broad SMARTS) is 1. The van der Waals surface area contributed by atoms with Crippen molar-refractivity contribution in [2.24, 2.45) is 5.92 Å². The number of rotatable bonds is 9. The highest BCUT2D eigenvalue weighted by Gasteiger charge is 2.09. The zero-order chi connectivity index (χ0) is 14.0. The van der Waals surface area contributed by atoms with Gasteiger partial charge in [-0.1, -0.05) is 13.8 Å². The third-order valence-corrected chi connectivity index (χ3v) is 2.23. The molecule has 0 aromatic rings. The number of amides is 2. The van der Waals surface area contributed by atoms with Gasteiger partial charge in [-0.05, 0) is 19.3 Å². The number of ether oxygens (including phenoxy) is 1. The van der Waals surface area contributed by atoms with Gasteiger partial charge in [0.05, 0.1) is 13.0 Å². The maximum absolute atomic E-state index is 11.3. The Bertz CT molecular complexity index is 256. The highest BCUT2D eigenvalue weighted by molar-refractivity contribution is 5.75. The highest BCUT2D eigenvalue weighted by Crippen LogP contribution is 1.98. The summed E-state index contributed by atoms with van der Waals surface area (Å²) in [5.41, 5.74) is 0. The Labute approximate surface area is 108 Å². The molecule has 1 atom stereocenters. The van der Waals surface area contributed by atoms with Crippen molar-refractivity contribution in [3.8, 4) is 0 Å². The first-order valence-corrected chi connectivity index (χ1v) is 6.25. The van der Waals surface area contributed by atoms with Crippen LogP contribution in [0.15, 0.2) is 0 Å². The van der Waals surface area contributed by atoms with Crippen LogP contribution < -0.4 is 10.6 Å². The summed E-state index contributed by atoms with van der Waals surface area (Å²) in [5, 5.41) is 13.7. The van der Waals surface area contributed by atoms with Crippen molar-refractivity contribution in [3.05, 3.63) is 0 Å². The molecule has 1 unspecified atom stereocenters. The molecular formula is C12H24N2O4. The van der Waals surface area contributed by atoms with Gasteiger partial charge in [0.25, 0.3) is 0 Å². The molecule has 0 aromatic heterocycles. The van der Waals surface area contributed by atoms with Crippen LogP contribution >= 0.6 is 0 Å². The second kappa shape index (κ2) is 9.70. The van der Waals surface area contributed by atoms with E-state index < -0.39 is 5.97 Å². The van der Waals surface area contributed by atoms with Crippen LogP contribution in [0.4, 0.5) is 4.79 Å². The monoisotopic (exact) mass is 260 g/mol. The molecule has 2 amide bonds. The van der Waals surface area contributed by atoms with E-state index in [1.807, 2.05) is 0 Å². The molecule has 0 bridgehead atoms. The molecule has 6 nitrogen and oxygen atoms in total. The zero-order valence-corrected chi connectivity index (χ0v) is 11.4. The summed E-state index contributed by atoms with van der Waals surface area (Å²) in [6.07, 6.45) is 0.917. The molecule has 18 heavy (non-hydrogen) atoms. The van der Waals surface area contributed by atoms with Crippen molar-refractivity contribution < 1.29 is 19.4 Å². The lowest BCUT2D eigenvalue weighted by molar-refractivity contribution is -0.137. The Morgan fingerprint density at radius 3 is 2.44 bits per heavy atom. The maximum atomic E-state index is 11.3. The zero-order valence-electron chi connectivity index (χ0n) is 11.4. The third kappa shape index (κ3) is 11.2. The largest absolute Gasteiger partial charge is 0.481 e. The van der Waals surface area contributed by atoms with Gasteiger partial charge < -0.3 is 20.5 Å². The maximum Gasteiger partial charge on any atom is 0.315 e. The minimum absolute atomic E-state index is 0.0850. The van der Waals surface area contributed by atoms with Crippen LogP contribution in [0.3, 0.4) is 0 Å². The van der Waals surface area contributed by atoms with Crippen molar-refractivity contribution >= 4 is 12.0 Å². The molecule has 0 saturated carbocycles. The Kier molecular flexibility index (Phi) is 9.00. The van der Waals surface area contributed by atoms with E-state index in [4.69, 9.17) is 9.84 Å². The molecule has 0 fully saturated rings. The number of hydrogen-bond acceptors (Lipinski definition) is 3. The molecule has 0 aromatic carbocycles. The van der Waals surface area contributed by atoms with E-state index in [9.17, 15) is 9.59 Å². The summed E-state index contributed by atoms with van der Waals surface area (Å²) in [4.78, 5) is 21.7. The van der Waals surface area contributed by atoms with E-state index in [0.29, 0.717) is 25.7 Å². The summed E-state index contributed by atoms with van der Waals surface area (Å²) in [5.74, 6) is -0.321. The molecule has 0 aliphatic rings. The van der Waals surface area contributed by atoms with Crippen LogP contribution in [-0.4, -0.2) is 42.9 Å². The number of hydrogen-bond donors (Lipinski definition) is 3. The van der Waals surface area contributed by atoms with Crippen molar-refractivity contribution in [1.82, 2.24) is 10.6 Å². The van der Waals surface area contributed by atoms with Crippen molar-refractivity contribution in [1.29, 1.82) is 0 Å². The number of carbonyl (C=O) groups is 2. The van der Waals surface area contributed by atoms with Gasteiger partial charge in [0.2, 0.25) is 0 Å². The lowest BCUT2D eigenvalue weighted by Crippen LogP contribution is -2.42. The van der Waals surface area contributed by atoms with E-state index >= 15 is 0 Å². The second-order valence-electron chi connectivity index (χ2n) is 4.69. The Hall–Kier alpha value is -1.30. The Morgan fingerprint density at radius 2 is 1.89 bits per heavy atom. The van der Waals surface area contributed by atoms with Gasteiger partial charge in [-0.25, -0.2) is 4.79 Å². The molecule has 6 heteroatoms. The average molecular weight is 260 g/mol. The summed E-state index contributed by atoms with van der Waals surface area (Å²) >= 11 is 0. The van der Waals surface area contributed by atoms with E-state index in [1.54, 1.807) is 6.92 Å². The van der Waals surface area contributed by atoms with Crippen LogP contribution in [0.1, 0.15) is 33.6 Å². The number of urea groups is 1. The fourth-order valence-electron chi connectivity index (χ4n) is 1.25. The van der Waals surface area contributed by atoms with Gasteiger partial charge in [-0.2, -0.15) is 0 Å². The van der Waals surface area contributed by atoms with E-state index in [2.05, 4.69) is 24.5 Å². The van der Waals surface area contributed by atoms with E-state index in [1.165, 1.54) is 0 Å². The SMILES string of the molecule is CC(C)CCOCCNC(=O)NC(C)CC(=O)O. The smallest absolute Gasteiger partial charge is 0.315 e. The standard InChI is InChI=1S/C12H24N2O4/c1-9(2)4-6-18-7-5-13-12(17)14-10(3)8-11(15)16/h9-10H,4-8H2,1-3H3,(H,15,16)(H2,13,14,17). The predicted octanol–water partition coefficient (Wildman–Crippen LogP) is 1.21. The Morgan fingerprint density at radius 1 is 1.22 bits per heavy atom. The molecule has 0 spiro atoms. The first kappa shape index (κ1) is 16.7. The summed E-state index contributed by atoms with van der Waals surface area (Å²) < 4.78 is 5.33. The van der Waals surface area contributed by atoms with Crippen LogP contribution in [0.5, 0.6) is 0 Å². The molecule has 106 valence electrons. The van der Waals surface area contributed by atoms with Gasteiger partial charge in [0, 0.05) is 19.2 Å². The quantitative estimate of drug-likeness (QED) is 0.544. The summed E-state index contributed by atoms with van der Waals surface area (Å²) in [7, 11) is 0. The van der Waals surface area contributed by atoms with Crippen LogP contribution in [-0.2, 0) is 9.53 Å². The van der Waals surface area contributed by atoms with Gasteiger partial charge in [-0.15, -0.1) is 0 Å². The average Bonchev–Trinajstić information content (AvgIpc) is 2.21. The summed E-state index contributed by atoms with van der Waals surface area (Å²) in [6, 6.07) is -0.749. The number of carbonyl (C=O) groups excluding carboxylic acids is 1. The molecule has 0 saturated heterocycles. The van der Waals surface area contributed by atoms with Gasteiger partial charge >= 0.3 is 12.0 Å². The van der Waals surface area contributed by atoms with Crippen molar-refractivity contribution in [2.45, 2.75) is 39.7 Å². The van der Waals surface area contributed by atoms with Gasteiger partial charge in [0.15, 0.2) is 0 Å². The molecule has 0 aliphatic carbocycles. The lowest BCUT2D eigenvalue weighted by Gasteiger charge is -2.12. The van der Waals surface area contributed by atoms with Gasteiger partial charge in [-0.3, -0.25) is 4.79 Å². The van der Waals surface area contributed by atoms with E-state index in [-0.39, 0.29) is 18.5 Å². The minimum atomic E-state index is -0.931. The third-order valence-electron chi connectivity index (χ3n) is 2.23. The fourth-order valence-corrected chi connectivity index (χ4v) is 1.25. The first-order valence-electron chi connectivity index (χ1n) is 6.25. The molecule has 0 aliphatic heterocycles. The topological polar surface area (TPSA) is 87.7 Å². The van der Waals surface area contributed by atoms with Crippen LogP contribution in [0.2, 0.25) is 0 Å². The van der Waals surface area contributed by atoms with Crippen LogP contribution in [0, 0.1) is 5.92 Å². The molecule has 3 N–H and O–H groups in total. The van der Waals surface area contributed by atoms with Gasteiger partial charge in [0.1, 0.15) is 0 Å². The lowest BCUT2D eigenvalue weighted by atomic mass is 10.1. The normalized spacial score (nSPS) is 12.2. The molecule has 0 heterocycles. The molecular weight excluding hydrogens is 236 g/mol. The summed E-state index contributed by atoms with van der Waals surface area (Å²) in [6.45, 7) is 7.47. The van der Waals surface area contributed by atoms with Crippen molar-refractivity contribution in [2.75, 3.05) is 19.8 Å². The van der Waals surface area contributed by atoms with Crippen molar-refractivity contribution in [3.63, 3.8) is 0 Å². The highest BCUT2D eigenvalue weighted by atomic mass is 16.5. The fraction of sp³-hybridized carbons (Fsp3) is 0.833.